The Bertz CT molecular complexity index is 445. The molecule has 0 saturated carbocycles. The molecule has 17 heavy (non-hydrogen) atoms. The molecule has 0 aliphatic heterocycles. The van der Waals surface area contributed by atoms with E-state index < -0.39 is 0 Å². The molecule has 0 spiro atoms. The van der Waals surface area contributed by atoms with Gasteiger partial charge in [0.1, 0.15) is 0 Å². The zero-order valence-corrected chi connectivity index (χ0v) is 10.5. The molecule has 0 amide bonds. The summed E-state index contributed by atoms with van der Waals surface area (Å²) in [5, 5.41) is 3.28. The van der Waals surface area contributed by atoms with Crippen LogP contribution in [0.3, 0.4) is 0 Å². The second kappa shape index (κ2) is 5.65. The predicted molar refractivity (Wildman–Crippen MR) is 73.4 cm³/mol. The van der Waals surface area contributed by atoms with Gasteiger partial charge in [-0.3, -0.25) is 0 Å². The molecule has 0 aliphatic rings. The monoisotopic (exact) mass is 225 g/mol. The van der Waals surface area contributed by atoms with E-state index in [0.29, 0.717) is 5.92 Å². The van der Waals surface area contributed by atoms with E-state index in [4.69, 9.17) is 0 Å². The van der Waals surface area contributed by atoms with E-state index in [1.807, 2.05) is 7.05 Å². The van der Waals surface area contributed by atoms with Crippen molar-refractivity contribution >= 4 is 0 Å². The van der Waals surface area contributed by atoms with E-state index in [9.17, 15) is 0 Å². The third kappa shape index (κ3) is 2.95. The van der Waals surface area contributed by atoms with E-state index in [-0.39, 0.29) is 0 Å². The predicted octanol–water partition coefficient (Wildman–Crippen LogP) is 3.35. The van der Waals surface area contributed by atoms with Crippen molar-refractivity contribution in [1.82, 2.24) is 5.32 Å². The van der Waals surface area contributed by atoms with Gasteiger partial charge in [0.2, 0.25) is 0 Å². The molecule has 0 aromatic heterocycles. The lowest BCUT2D eigenvalue weighted by Crippen LogP contribution is -2.18. The molecule has 1 N–H and O–H groups in total. The van der Waals surface area contributed by atoms with Crippen LogP contribution in [0, 0.1) is 6.92 Å². The van der Waals surface area contributed by atoms with E-state index in [1.54, 1.807) is 0 Å². The van der Waals surface area contributed by atoms with Crippen LogP contribution >= 0.6 is 0 Å². The molecule has 0 fully saturated rings. The van der Waals surface area contributed by atoms with Crippen LogP contribution < -0.4 is 5.32 Å². The van der Waals surface area contributed by atoms with Crippen LogP contribution in [-0.2, 0) is 0 Å². The van der Waals surface area contributed by atoms with E-state index in [2.05, 4.69) is 66.8 Å². The molecule has 2 rings (SSSR count). The highest BCUT2D eigenvalue weighted by molar-refractivity contribution is 5.34. The normalized spacial score (nSPS) is 12.4. The Balaban J connectivity index is 2.32. The fourth-order valence-electron chi connectivity index (χ4n) is 2.12. The molecular weight excluding hydrogens is 206 g/mol. The molecule has 0 radical (unpaired) electrons. The maximum Gasteiger partial charge on any atom is 0.0214 e. The zero-order chi connectivity index (χ0) is 12.1. The number of hydrogen-bond acceptors (Lipinski definition) is 1. The van der Waals surface area contributed by atoms with Crippen LogP contribution in [0.4, 0.5) is 0 Å². The Hall–Kier alpha value is -1.60. The quantitative estimate of drug-likeness (QED) is 0.841. The van der Waals surface area contributed by atoms with Gasteiger partial charge in [0.25, 0.3) is 0 Å². The molecule has 2 aromatic carbocycles. The van der Waals surface area contributed by atoms with Gasteiger partial charge in [0.05, 0.1) is 0 Å². The summed E-state index contributed by atoms with van der Waals surface area (Å²) in [7, 11) is 2.00. The lowest BCUT2D eigenvalue weighted by molar-refractivity contribution is 0.708. The van der Waals surface area contributed by atoms with Gasteiger partial charge in [-0.05, 0) is 25.1 Å². The van der Waals surface area contributed by atoms with Gasteiger partial charge in [0, 0.05) is 12.5 Å². The van der Waals surface area contributed by atoms with Crippen LogP contribution in [0.25, 0.3) is 0 Å². The van der Waals surface area contributed by atoms with Crippen LogP contribution in [0.15, 0.2) is 54.6 Å². The second-order valence-corrected chi connectivity index (χ2v) is 4.43. The molecule has 1 heteroatoms. The van der Waals surface area contributed by atoms with Crippen molar-refractivity contribution in [3.8, 4) is 0 Å². The first-order valence-electron chi connectivity index (χ1n) is 6.07. The number of benzene rings is 2. The summed E-state index contributed by atoms with van der Waals surface area (Å²) in [4.78, 5) is 0. The Morgan fingerprint density at radius 2 is 1.47 bits per heavy atom. The summed E-state index contributed by atoms with van der Waals surface area (Å²) in [6, 6.07) is 19.5. The van der Waals surface area contributed by atoms with Crippen molar-refractivity contribution < 1.29 is 0 Å². The van der Waals surface area contributed by atoms with Crippen molar-refractivity contribution in [3.05, 3.63) is 71.3 Å². The van der Waals surface area contributed by atoms with Crippen LogP contribution in [0.5, 0.6) is 0 Å². The number of likely N-dealkylation sites (N-methyl/N-ethyl adjacent to an activating group) is 1. The Kier molecular flexibility index (Phi) is 3.94. The van der Waals surface area contributed by atoms with Crippen LogP contribution in [0.1, 0.15) is 22.6 Å². The summed E-state index contributed by atoms with van der Waals surface area (Å²) < 4.78 is 0. The molecule has 1 unspecified atom stereocenters. The highest BCUT2D eigenvalue weighted by atomic mass is 14.8. The molecule has 2 aromatic rings. The van der Waals surface area contributed by atoms with Crippen molar-refractivity contribution in [2.24, 2.45) is 0 Å². The summed E-state index contributed by atoms with van der Waals surface area (Å²) in [5.41, 5.74) is 4.05. The van der Waals surface area contributed by atoms with Gasteiger partial charge in [-0.25, -0.2) is 0 Å². The Labute approximate surface area is 103 Å². The third-order valence-electron chi connectivity index (χ3n) is 3.09. The molecule has 1 nitrogen and oxygen atoms in total. The molecule has 0 heterocycles. The SMILES string of the molecule is CNCC(c1ccccc1)c1ccc(C)cc1. The molecular formula is C16H19N. The number of aryl methyl sites for hydroxylation is 1. The van der Waals surface area contributed by atoms with Crippen molar-refractivity contribution in [2.45, 2.75) is 12.8 Å². The minimum Gasteiger partial charge on any atom is -0.319 e. The summed E-state index contributed by atoms with van der Waals surface area (Å²) in [6.45, 7) is 3.09. The number of nitrogens with one attached hydrogen (secondary N) is 1. The maximum atomic E-state index is 3.28. The van der Waals surface area contributed by atoms with Gasteiger partial charge in [0.15, 0.2) is 0 Å². The topological polar surface area (TPSA) is 12.0 Å². The van der Waals surface area contributed by atoms with E-state index in [1.165, 1.54) is 16.7 Å². The van der Waals surface area contributed by atoms with Gasteiger partial charge in [-0.1, -0.05) is 60.2 Å². The number of rotatable bonds is 4. The second-order valence-electron chi connectivity index (χ2n) is 4.43. The zero-order valence-electron chi connectivity index (χ0n) is 10.5. The fraction of sp³-hybridized carbons (Fsp3) is 0.250. The molecule has 0 aliphatic carbocycles. The van der Waals surface area contributed by atoms with Crippen molar-refractivity contribution in [3.63, 3.8) is 0 Å². The van der Waals surface area contributed by atoms with E-state index in [0.717, 1.165) is 6.54 Å². The van der Waals surface area contributed by atoms with Crippen molar-refractivity contribution in [1.29, 1.82) is 0 Å². The average Bonchev–Trinajstić information content (AvgIpc) is 2.38. The van der Waals surface area contributed by atoms with Crippen LogP contribution in [0.2, 0.25) is 0 Å². The minimum absolute atomic E-state index is 0.432. The molecule has 0 saturated heterocycles. The highest BCUT2D eigenvalue weighted by Gasteiger charge is 2.12. The highest BCUT2D eigenvalue weighted by Crippen LogP contribution is 2.24. The lowest BCUT2D eigenvalue weighted by Gasteiger charge is -2.17. The third-order valence-corrected chi connectivity index (χ3v) is 3.09. The summed E-state index contributed by atoms with van der Waals surface area (Å²) >= 11 is 0. The fourth-order valence-corrected chi connectivity index (χ4v) is 2.12. The lowest BCUT2D eigenvalue weighted by atomic mass is 9.91. The largest absolute Gasteiger partial charge is 0.319 e. The minimum atomic E-state index is 0.432. The summed E-state index contributed by atoms with van der Waals surface area (Å²) in [5.74, 6) is 0.432. The number of hydrogen-bond donors (Lipinski definition) is 1. The smallest absolute Gasteiger partial charge is 0.0214 e. The van der Waals surface area contributed by atoms with E-state index >= 15 is 0 Å². The molecule has 0 bridgehead atoms. The van der Waals surface area contributed by atoms with Gasteiger partial charge in [-0.2, -0.15) is 0 Å². The van der Waals surface area contributed by atoms with Crippen LogP contribution in [-0.4, -0.2) is 13.6 Å². The molecule has 88 valence electrons. The maximum absolute atomic E-state index is 3.28. The van der Waals surface area contributed by atoms with Gasteiger partial charge >= 0.3 is 0 Å². The van der Waals surface area contributed by atoms with Crippen molar-refractivity contribution in [2.75, 3.05) is 13.6 Å². The van der Waals surface area contributed by atoms with Gasteiger partial charge < -0.3 is 5.32 Å². The average molecular weight is 225 g/mol. The standard InChI is InChI=1S/C16H19N/c1-13-8-10-15(11-9-13)16(12-17-2)14-6-4-3-5-7-14/h3-11,16-17H,12H2,1-2H3. The first kappa shape index (κ1) is 11.9. The summed E-state index contributed by atoms with van der Waals surface area (Å²) in [6.07, 6.45) is 0. The Morgan fingerprint density at radius 1 is 0.882 bits per heavy atom. The molecule has 1 atom stereocenters. The van der Waals surface area contributed by atoms with Gasteiger partial charge in [-0.15, -0.1) is 0 Å². The first-order chi connectivity index (χ1) is 8.31. The Morgan fingerprint density at radius 3 is 2.06 bits per heavy atom. The first-order valence-corrected chi connectivity index (χ1v) is 6.07.